The highest BCUT2D eigenvalue weighted by molar-refractivity contribution is 5.89. The van der Waals surface area contributed by atoms with Crippen molar-refractivity contribution in [3.05, 3.63) is 23.5 Å². The van der Waals surface area contributed by atoms with Crippen LogP contribution in [0.3, 0.4) is 0 Å². The third kappa shape index (κ3) is 1.01. The molecule has 1 aromatic heterocycles. The summed E-state index contributed by atoms with van der Waals surface area (Å²) >= 11 is 0. The van der Waals surface area contributed by atoms with Crippen LogP contribution >= 0.6 is 0 Å². The third-order valence-corrected chi connectivity index (χ3v) is 1.23. The van der Waals surface area contributed by atoms with E-state index < -0.39 is 5.97 Å². The highest BCUT2D eigenvalue weighted by Crippen LogP contribution is 2.06. The average Bonchev–Trinajstić information content (AvgIpc) is 2.33. The van der Waals surface area contributed by atoms with Gasteiger partial charge < -0.3 is 15.2 Å². The SMILES string of the molecule is O=C(O)c1c[nH]cc1CO. The molecule has 0 saturated heterocycles. The zero-order valence-electron chi connectivity index (χ0n) is 5.16. The van der Waals surface area contributed by atoms with E-state index in [2.05, 4.69) is 4.98 Å². The minimum absolute atomic E-state index is 0.127. The Balaban J connectivity index is 3.01. The highest BCUT2D eigenvalue weighted by Gasteiger charge is 2.08. The van der Waals surface area contributed by atoms with Crippen molar-refractivity contribution in [2.45, 2.75) is 6.61 Å². The normalized spacial score (nSPS) is 9.70. The number of aromatic carboxylic acids is 1. The number of aliphatic hydroxyl groups excluding tert-OH is 1. The number of carboxylic acids is 1. The van der Waals surface area contributed by atoms with Gasteiger partial charge in [-0.3, -0.25) is 0 Å². The van der Waals surface area contributed by atoms with Crippen molar-refractivity contribution < 1.29 is 15.0 Å². The summed E-state index contributed by atoms with van der Waals surface area (Å²) in [6.07, 6.45) is 2.80. The molecule has 1 heterocycles. The molecule has 0 saturated carbocycles. The van der Waals surface area contributed by atoms with Crippen LogP contribution in [0.2, 0.25) is 0 Å². The fraction of sp³-hybridized carbons (Fsp3) is 0.167. The summed E-state index contributed by atoms with van der Waals surface area (Å²) in [6, 6.07) is 0. The number of H-pyrrole nitrogens is 1. The molecule has 0 aliphatic rings. The summed E-state index contributed by atoms with van der Waals surface area (Å²) in [7, 11) is 0. The van der Waals surface area contributed by atoms with Crippen molar-refractivity contribution >= 4 is 5.97 Å². The van der Waals surface area contributed by atoms with Gasteiger partial charge in [-0.2, -0.15) is 0 Å². The first kappa shape index (κ1) is 6.82. The summed E-state index contributed by atoms with van der Waals surface area (Å²) in [5.41, 5.74) is 0.537. The molecule has 0 radical (unpaired) electrons. The zero-order valence-corrected chi connectivity index (χ0v) is 5.16. The number of hydrogen-bond acceptors (Lipinski definition) is 2. The number of aromatic nitrogens is 1. The molecular formula is C6H7NO3. The summed E-state index contributed by atoms with van der Waals surface area (Å²) < 4.78 is 0. The van der Waals surface area contributed by atoms with Crippen LogP contribution in [-0.4, -0.2) is 21.2 Å². The lowest BCUT2D eigenvalue weighted by atomic mass is 10.2. The van der Waals surface area contributed by atoms with Gasteiger partial charge in [-0.25, -0.2) is 4.79 Å². The van der Waals surface area contributed by atoms with Crippen LogP contribution in [0, 0.1) is 0 Å². The van der Waals surface area contributed by atoms with E-state index in [0.29, 0.717) is 5.56 Å². The van der Waals surface area contributed by atoms with Crippen LogP contribution in [0.4, 0.5) is 0 Å². The zero-order chi connectivity index (χ0) is 7.56. The molecule has 0 fully saturated rings. The maximum atomic E-state index is 10.3. The Labute approximate surface area is 57.1 Å². The molecule has 0 bridgehead atoms. The minimum atomic E-state index is -1.02. The number of hydrogen-bond donors (Lipinski definition) is 3. The highest BCUT2D eigenvalue weighted by atomic mass is 16.4. The Hall–Kier alpha value is -1.29. The maximum Gasteiger partial charge on any atom is 0.337 e. The average molecular weight is 141 g/mol. The number of aliphatic hydroxyl groups is 1. The Morgan fingerprint density at radius 3 is 2.70 bits per heavy atom. The summed E-state index contributed by atoms with van der Waals surface area (Å²) in [4.78, 5) is 12.9. The smallest absolute Gasteiger partial charge is 0.337 e. The van der Waals surface area contributed by atoms with Gasteiger partial charge in [-0.15, -0.1) is 0 Å². The third-order valence-electron chi connectivity index (χ3n) is 1.23. The van der Waals surface area contributed by atoms with Gasteiger partial charge in [0.2, 0.25) is 0 Å². The molecule has 10 heavy (non-hydrogen) atoms. The number of carboxylic acid groups (broad SMARTS) is 1. The predicted octanol–water partition coefficient (Wildman–Crippen LogP) is 0.205. The number of rotatable bonds is 2. The quantitative estimate of drug-likeness (QED) is 0.551. The second kappa shape index (κ2) is 2.53. The van der Waals surface area contributed by atoms with E-state index in [0.717, 1.165) is 0 Å². The van der Waals surface area contributed by atoms with Gasteiger partial charge in [0.1, 0.15) is 0 Å². The molecule has 0 amide bonds. The topological polar surface area (TPSA) is 73.3 Å². The van der Waals surface area contributed by atoms with E-state index in [1.54, 1.807) is 0 Å². The predicted molar refractivity (Wildman–Crippen MR) is 33.7 cm³/mol. The summed E-state index contributed by atoms with van der Waals surface area (Å²) in [6.45, 7) is -0.245. The van der Waals surface area contributed by atoms with Crippen molar-refractivity contribution in [2.75, 3.05) is 0 Å². The molecule has 4 heteroatoms. The Bertz CT molecular complexity index is 241. The van der Waals surface area contributed by atoms with E-state index in [9.17, 15) is 4.79 Å². The number of carbonyl (C=O) groups is 1. The van der Waals surface area contributed by atoms with Gasteiger partial charge in [-0.1, -0.05) is 0 Å². The summed E-state index contributed by atoms with van der Waals surface area (Å²) in [5, 5.41) is 17.0. The van der Waals surface area contributed by atoms with Gasteiger partial charge >= 0.3 is 5.97 Å². The molecule has 1 aromatic rings. The van der Waals surface area contributed by atoms with Crippen molar-refractivity contribution in [3.8, 4) is 0 Å². The van der Waals surface area contributed by atoms with Crippen LogP contribution in [0.15, 0.2) is 12.4 Å². The van der Waals surface area contributed by atoms with Crippen molar-refractivity contribution in [2.24, 2.45) is 0 Å². The van der Waals surface area contributed by atoms with Crippen LogP contribution < -0.4 is 0 Å². The minimum Gasteiger partial charge on any atom is -0.478 e. The van der Waals surface area contributed by atoms with Crippen LogP contribution in [0.5, 0.6) is 0 Å². The lowest BCUT2D eigenvalue weighted by Gasteiger charge is -1.90. The van der Waals surface area contributed by atoms with Gasteiger partial charge in [-0.05, 0) is 0 Å². The molecule has 3 N–H and O–H groups in total. The molecule has 1 rings (SSSR count). The first-order valence-corrected chi connectivity index (χ1v) is 2.75. The van der Waals surface area contributed by atoms with Crippen LogP contribution in [0.25, 0.3) is 0 Å². The van der Waals surface area contributed by atoms with Crippen molar-refractivity contribution in [1.29, 1.82) is 0 Å². The first-order chi connectivity index (χ1) is 4.75. The standard InChI is InChI=1S/C6H7NO3/c8-3-4-1-7-2-5(4)6(9)10/h1-2,7-8H,3H2,(H,9,10). The molecule has 0 aliphatic carbocycles. The molecule has 4 nitrogen and oxygen atoms in total. The Morgan fingerprint density at radius 1 is 1.60 bits per heavy atom. The molecule has 0 aliphatic heterocycles. The van der Waals surface area contributed by atoms with E-state index >= 15 is 0 Å². The second-order valence-electron chi connectivity index (χ2n) is 1.86. The van der Waals surface area contributed by atoms with Crippen LogP contribution in [-0.2, 0) is 6.61 Å². The van der Waals surface area contributed by atoms with Gasteiger partial charge in [0.15, 0.2) is 0 Å². The molecule has 0 unspecified atom stereocenters. The van der Waals surface area contributed by atoms with Crippen molar-refractivity contribution in [3.63, 3.8) is 0 Å². The molecule has 0 spiro atoms. The van der Waals surface area contributed by atoms with E-state index in [-0.39, 0.29) is 12.2 Å². The first-order valence-electron chi connectivity index (χ1n) is 2.75. The van der Waals surface area contributed by atoms with Crippen molar-refractivity contribution in [1.82, 2.24) is 4.98 Å². The number of aromatic amines is 1. The van der Waals surface area contributed by atoms with E-state index in [1.165, 1.54) is 12.4 Å². The molecule has 54 valence electrons. The molecule has 0 atom stereocenters. The molecular weight excluding hydrogens is 134 g/mol. The lowest BCUT2D eigenvalue weighted by Crippen LogP contribution is -1.97. The Morgan fingerprint density at radius 2 is 2.30 bits per heavy atom. The summed E-state index contributed by atoms with van der Waals surface area (Å²) in [5.74, 6) is -1.02. The van der Waals surface area contributed by atoms with Gasteiger partial charge in [0.25, 0.3) is 0 Å². The van der Waals surface area contributed by atoms with E-state index in [4.69, 9.17) is 10.2 Å². The fourth-order valence-corrected chi connectivity index (χ4v) is 0.726. The Kier molecular flexibility index (Phi) is 1.73. The van der Waals surface area contributed by atoms with Crippen LogP contribution in [0.1, 0.15) is 15.9 Å². The fourth-order valence-electron chi connectivity index (χ4n) is 0.726. The van der Waals surface area contributed by atoms with Gasteiger partial charge in [0.05, 0.1) is 12.2 Å². The van der Waals surface area contributed by atoms with Gasteiger partial charge in [0, 0.05) is 18.0 Å². The second-order valence-corrected chi connectivity index (χ2v) is 1.86. The maximum absolute atomic E-state index is 10.3. The van der Waals surface area contributed by atoms with E-state index in [1.807, 2.05) is 0 Å². The largest absolute Gasteiger partial charge is 0.478 e. The molecule has 0 aromatic carbocycles. The monoisotopic (exact) mass is 141 g/mol. The number of nitrogens with one attached hydrogen (secondary N) is 1. The lowest BCUT2D eigenvalue weighted by molar-refractivity contribution is 0.0694.